The number of nitrogens with zero attached hydrogens (tertiary/aromatic N) is 2. The number of piperazine rings is 1. The lowest BCUT2D eigenvalue weighted by Gasteiger charge is -2.43. The average molecular weight is 447 g/mol. The topological polar surface area (TPSA) is 98.8 Å². The summed E-state index contributed by atoms with van der Waals surface area (Å²) in [4.78, 5) is 55.6. The van der Waals surface area contributed by atoms with Crippen molar-refractivity contribution >= 4 is 23.6 Å². The fraction of sp³-hybridized carbons (Fsp3) is 0.833. The van der Waals surface area contributed by atoms with Crippen molar-refractivity contribution in [2.24, 2.45) is 11.8 Å². The van der Waals surface area contributed by atoms with Crippen LogP contribution in [0.1, 0.15) is 77.0 Å². The molecule has 8 nitrogen and oxygen atoms in total. The molecule has 2 aliphatic heterocycles. The predicted octanol–water partition coefficient (Wildman–Crippen LogP) is 1.58. The van der Waals surface area contributed by atoms with Crippen LogP contribution in [-0.2, 0) is 19.2 Å². The van der Waals surface area contributed by atoms with Crippen LogP contribution in [0.3, 0.4) is 0 Å². The van der Waals surface area contributed by atoms with Crippen LogP contribution in [-0.4, -0.2) is 71.7 Å². The maximum atomic E-state index is 13.4. The number of hydrogen-bond acceptors (Lipinski definition) is 4. The smallest absolute Gasteiger partial charge is 0.245 e. The van der Waals surface area contributed by atoms with E-state index in [-0.39, 0.29) is 42.0 Å². The van der Waals surface area contributed by atoms with Crippen LogP contribution in [0, 0.1) is 11.8 Å². The van der Waals surface area contributed by atoms with Crippen molar-refractivity contribution in [3.05, 3.63) is 0 Å². The van der Waals surface area contributed by atoms with E-state index in [1.807, 2.05) is 0 Å². The molecule has 4 rings (SSSR count). The molecule has 4 amide bonds. The second-order valence-electron chi connectivity index (χ2n) is 10.00. The predicted molar refractivity (Wildman–Crippen MR) is 119 cm³/mol. The summed E-state index contributed by atoms with van der Waals surface area (Å²) in [5, 5.41) is 5.68. The molecular formula is C24H38N4O4. The van der Waals surface area contributed by atoms with Crippen molar-refractivity contribution < 1.29 is 19.2 Å². The lowest BCUT2D eigenvalue weighted by Crippen LogP contribution is -2.64. The second-order valence-corrected chi connectivity index (χ2v) is 10.00. The molecule has 0 spiro atoms. The molecule has 2 aliphatic carbocycles. The average Bonchev–Trinajstić information content (AvgIpc) is 2.85. The monoisotopic (exact) mass is 446 g/mol. The van der Waals surface area contributed by atoms with Crippen molar-refractivity contribution in [2.75, 3.05) is 26.2 Å². The highest BCUT2D eigenvalue weighted by molar-refractivity contribution is 5.93. The van der Waals surface area contributed by atoms with Gasteiger partial charge in [-0.15, -0.1) is 0 Å². The second kappa shape index (κ2) is 10.7. The fourth-order valence-corrected chi connectivity index (χ4v) is 5.84. The van der Waals surface area contributed by atoms with E-state index in [9.17, 15) is 19.2 Å². The molecule has 32 heavy (non-hydrogen) atoms. The molecule has 4 aliphatic rings. The van der Waals surface area contributed by atoms with Crippen LogP contribution in [0.4, 0.5) is 0 Å². The Bertz CT molecular complexity index is 715. The van der Waals surface area contributed by atoms with Crippen LogP contribution in [0.2, 0.25) is 0 Å². The number of hydrogen-bond donors (Lipinski definition) is 2. The van der Waals surface area contributed by atoms with E-state index in [0.29, 0.717) is 26.1 Å². The fourth-order valence-electron chi connectivity index (χ4n) is 5.84. The molecule has 0 aromatic rings. The lowest BCUT2D eigenvalue weighted by molar-refractivity contribution is -0.153. The summed E-state index contributed by atoms with van der Waals surface area (Å²) in [5.41, 5.74) is 0. The van der Waals surface area contributed by atoms with Gasteiger partial charge in [-0.25, -0.2) is 0 Å². The highest BCUT2D eigenvalue weighted by atomic mass is 16.2. The van der Waals surface area contributed by atoms with E-state index in [4.69, 9.17) is 0 Å². The van der Waals surface area contributed by atoms with Gasteiger partial charge in [0.25, 0.3) is 0 Å². The standard InChI is InChI=1S/C24H38N4O4/c29-21-19(12-7-13-25-21)26-22(30)20-16-27(23(31)17-8-3-1-4-9-17)14-15-28(20)24(32)18-10-5-2-6-11-18/h17-20H,1-16H2,(H,25,29)(H,26,30)/t19-,20-/m0/s1. The van der Waals surface area contributed by atoms with Gasteiger partial charge < -0.3 is 20.4 Å². The molecule has 0 unspecified atom stereocenters. The number of nitrogens with one attached hydrogen (secondary N) is 2. The molecule has 0 aromatic carbocycles. The van der Waals surface area contributed by atoms with Crippen LogP contribution in [0.5, 0.6) is 0 Å². The molecule has 0 radical (unpaired) electrons. The van der Waals surface area contributed by atoms with Gasteiger partial charge >= 0.3 is 0 Å². The van der Waals surface area contributed by atoms with Crippen molar-refractivity contribution in [1.29, 1.82) is 0 Å². The van der Waals surface area contributed by atoms with Crippen LogP contribution in [0.25, 0.3) is 0 Å². The van der Waals surface area contributed by atoms with Gasteiger partial charge in [-0.1, -0.05) is 38.5 Å². The van der Waals surface area contributed by atoms with E-state index in [0.717, 1.165) is 64.2 Å². The summed E-state index contributed by atoms with van der Waals surface area (Å²) in [5.74, 6) is -0.293. The van der Waals surface area contributed by atoms with Gasteiger partial charge in [-0.3, -0.25) is 19.2 Å². The summed E-state index contributed by atoms with van der Waals surface area (Å²) in [6.45, 7) is 1.74. The number of carbonyl (C=O) groups is 4. The van der Waals surface area contributed by atoms with Crippen molar-refractivity contribution in [3.8, 4) is 0 Å². The Morgan fingerprint density at radius 2 is 1.41 bits per heavy atom. The van der Waals surface area contributed by atoms with Crippen molar-refractivity contribution in [2.45, 2.75) is 89.1 Å². The van der Waals surface area contributed by atoms with E-state index in [2.05, 4.69) is 10.6 Å². The van der Waals surface area contributed by atoms with Crippen molar-refractivity contribution in [3.63, 3.8) is 0 Å². The Kier molecular flexibility index (Phi) is 7.68. The Balaban J connectivity index is 1.47. The largest absolute Gasteiger partial charge is 0.354 e. The normalized spacial score (nSPS) is 28.2. The van der Waals surface area contributed by atoms with Crippen LogP contribution >= 0.6 is 0 Å². The molecule has 0 bridgehead atoms. The van der Waals surface area contributed by atoms with Gasteiger partial charge in [0.1, 0.15) is 12.1 Å². The van der Waals surface area contributed by atoms with E-state index in [1.54, 1.807) is 9.80 Å². The zero-order chi connectivity index (χ0) is 22.5. The maximum absolute atomic E-state index is 13.4. The summed E-state index contributed by atoms with van der Waals surface area (Å²) >= 11 is 0. The molecule has 2 N–H and O–H groups in total. The highest BCUT2D eigenvalue weighted by Gasteiger charge is 2.41. The minimum Gasteiger partial charge on any atom is -0.354 e. The third-order valence-corrected chi connectivity index (χ3v) is 7.79. The van der Waals surface area contributed by atoms with Gasteiger partial charge in [0.15, 0.2) is 0 Å². The summed E-state index contributed by atoms with van der Waals surface area (Å²) in [6.07, 6.45) is 11.6. The number of rotatable bonds is 4. The summed E-state index contributed by atoms with van der Waals surface area (Å²) in [6, 6.07) is -1.28. The third kappa shape index (κ3) is 5.26. The third-order valence-electron chi connectivity index (χ3n) is 7.79. The minimum absolute atomic E-state index is 0.0300. The van der Waals surface area contributed by atoms with Gasteiger partial charge in [0, 0.05) is 31.5 Å². The van der Waals surface area contributed by atoms with E-state index in [1.165, 1.54) is 6.42 Å². The molecule has 2 heterocycles. The molecule has 2 saturated carbocycles. The molecule has 0 aromatic heterocycles. The molecular weight excluding hydrogens is 408 g/mol. The number of piperidine rings is 1. The molecule has 8 heteroatoms. The Morgan fingerprint density at radius 3 is 2.03 bits per heavy atom. The first-order valence-corrected chi connectivity index (χ1v) is 12.7. The first-order chi connectivity index (χ1) is 15.5. The zero-order valence-corrected chi connectivity index (χ0v) is 19.2. The van der Waals surface area contributed by atoms with Gasteiger partial charge in [-0.2, -0.15) is 0 Å². The molecule has 178 valence electrons. The van der Waals surface area contributed by atoms with Gasteiger partial charge in [0.05, 0.1) is 6.54 Å². The lowest BCUT2D eigenvalue weighted by atomic mass is 9.87. The Labute approximate surface area is 190 Å². The van der Waals surface area contributed by atoms with Crippen LogP contribution < -0.4 is 10.6 Å². The van der Waals surface area contributed by atoms with E-state index >= 15 is 0 Å². The molecule has 4 fully saturated rings. The minimum atomic E-state index is -0.722. The Morgan fingerprint density at radius 1 is 0.781 bits per heavy atom. The van der Waals surface area contributed by atoms with Crippen LogP contribution in [0.15, 0.2) is 0 Å². The first kappa shape index (κ1) is 23.1. The SMILES string of the molecule is O=C1NCCC[C@@H]1NC(=O)[C@@H]1CN(C(=O)C2CCCCC2)CCN1C(=O)C1CCCCC1. The van der Waals surface area contributed by atoms with Gasteiger partial charge in [0.2, 0.25) is 23.6 Å². The number of carbonyl (C=O) groups excluding carboxylic acids is 4. The summed E-state index contributed by atoms with van der Waals surface area (Å²) < 4.78 is 0. The highest BCUT2D eigenvalue weighted by Crippen LogP contribution is 2.29. The Hall–Kier alpha value is -2.12. The maximum Gasteiger partial charge on any atom is 0.245 e. The summed E-state index contributed by atoms with van der Waals surface area (Å²) in [7, 11) is 0. The van der Waals surface area contributed by atoms with Gasteiger partial charge in [-0.05, 0) is 38.5 Å². The zero-order valence-electron chi connectivity index (χ0n) is 19.2. The number of amides is 4. The molecule has 2 atom stereocenters. The molecule has 2 saturated heterocycles. The van der Waals surface area contributed by atoms with E-state index < -0.39 is 12.1 Å². The quantitative estimate of drug-likeness (QED) is 0.685. The van der Waals surface area contributed by atoms with Crippen molar-refractivity contribution in [1.82, 2.24) is 20.4 Å². The first-order valence-electron chi connectivity index (χ1n) is 12.7.